The molecule has 0 bridgehead atoms. The van der Waals surface area contributed by atoms with Crippen molar-refractivity contribution >= 4 is 18.1 Å². The molecule has 1 atom stereocenters. The van der Waals surface area contributed by atoms with Crippen LogP contribution in [0.4, 0.5) is 5.69 Å². The SMILES string of the molecule is COc1cc([C@H](CCO)N2CCNCC2)cc([N+](=O)[O-])c1O.Cl. The number of nitro groups is 1. The lowest BCUT2D eigenvalue weighted by Gasteiger charge is -2.35. The first-order valence-corrected chi connectivity index (χ1v) is 7.19. The van der Waals surface area contributed by atoms with Gasteiger partial charge in [0, 0.05) is 44.9 Å². The fourth-order valence-electron chi connectivity index (χ4n) is 2.78. The van der Waals surface area contributed by atoms with E-state index in [2.05, 4.69) is 10.2 Å². The minimum absolute atomic E-state index is 0. The zero-order valence-electron chi connectivity index (χ0n) is 12.9. The van der Waals surface area contributed by atoms with E-state index in [1.807, 2.05) is 0 Å². The van der Waals surface area contributed by atoms with Crippen LogP contribution in [-0.4, -0.2) is 59.9 Å². The van der Waals surface area contributed by atoms with Gasteiger partial charge in [-0.05, 0) is 18.1 Å². The molecule has 1 fully saturated rings. The summed E-state index contributed by atoms with van der Waals surface area (Å²) in [6, 6.07) is 2.81. The van der Waals surface area contributed by atoms with Gasteiger partial charge in [0.1, 0.15) is 0 Å². The predicted molar refractivity (Wildman–Crippen MR) is 87.4 cm³/mol. The molecular weight excluding hydrogens is 326 g/mol. The van der Waals surface area contributed by atoms with E-state index < -0.39 is 10.7 Å². The number of benzene rings is 1. The van der Waals surface area contributed by atoms with Gasteiger partial charge in [-0.1, -0.05) is 0 Å². The van der Waals surface area contributed by atoms with Crippen molar-refractivity contribution in [3.63, 3.8) is 0 Å². The second-order valence-corrected chi connectivity index (χ2v) is 5.16. The number of hydrogen-bond donors (Lipinski definition) is 3. The third-order valence-corrected chi connectivity index (χ3v) is 3.87. The van der Waals surface area contributed by atoms with Gasteiger partial charge in [0.05, 0.1) is 12.0 Å². The summed E-state index contributed by atoms with van der Waals surface area (Å²) in [7, 11) is 1.36. The first kappa shape index (κ1) is 19.4. The average molecular weight is 348 g/mol. The Balaban J connectivity index is 0.00000264. The van der Waals surface area contributed by atoms with Crippen LogP contribution in [-0.2, 0) is 0 Å². The molecule has 3 N–H and O–H groups in total. The van der Waals surface area contributed by atoms with Gasteiger partial charge in [-0.3, -0.25) is 15.0 Å². The highest BCUT2D eigenvalue weighted by molar-refractivity contribution is 5.85. The minimum atomic E-state index is -0.630. The Hall–Kier alpha value is -1.61. The summed E-state index contributed by atoms with van der Waals surface area (Å²) in [5.41, 5.74) is 0.282. The number of hydrogen-bond acceptors (Lipinski definition) is 7. The van der Waals surface area contributed by atoms with Crippen LogP contribution in [0.15, 0.2) is 12.1 Å². The number of rotatable bonds is 6. The molecule has 1 heterocycles. The Morgan fingerprint density at radius 1 is 1.43 bits per heavy atom. The summed E-state index contributed by atoms with van der Waals surface area (Å²) in [5.74, 6) is -0.401. The van der Waals surface area contributed by atoms with Crippen LogP contribution in [0.25, 0.3) is 0 Å². The van der Waals surface area contributed by atoms with Crippen LogP contribution in [0.2, 0.25) is 0 Å². The molecule has 130 valence electrons. The molecule has 0 amide bonds. The number of aromatic hydroxyl groups is 1. The van der Waals surface area contributed by atoms with Crippen molar-refractivity contribution in [2.45, 2.75) is 12.5 Å². The summed E-state index contributed by atoms with van der Waals surface area (Å²) in [6.45, 7) is 3.23. The smallest absolute Gasteiger partial charge is 0.314 e. The van der Waals surface area contributed by atoms with Gasteiger partial charge in [0.25, 0.3) is 0 Å². The molecule has 0 aromatic heterocycles. The maximum Gasteiger partial charge on any atom is 0.314 e. The van der Waals surface area contributed by atoms with Crippen LogP contribution in [0.3, 0.4) is 0 Å². The molecular formula is C14H22ClN3O5. The zero-order valence-corrected chi connectivity index (χ0v) is 13.7. The van der Waals surface area contributed by atoms with Crippen molar-refractivity contribution < 1.29 is 19.9 Å². The lowest BCUT2D eigenvalue weighted by molar-refractivity contribution is -0.386. The molecule has 23 heavy (non-hydrogen) atoms. The lowest BCUT2D eigenvalue weighted by Crippen LogP contribution is -2.45. The van der Waals surface area contributed by atoms with Crippen LogP contribution < -0.4 is 10.1 Å². The molecule has 1 aliphatic rings. The number of nitro benzene ring substituents is 1. The largest absolute Gasteiger partial charge is 0.500 e. The molecule has 0 unspecified atom stereocenters. The van der Waals surface area contributed by atoms with Crippen LogP contribution in [0.5, 0.6) is 11.5 Å². The van der Waals surface area contributed by atoms with E-state index in [9.17, 15) is 20.3 Å². The summed E-state index contributed by atoms with van der Waals surface area (Å²) < 4.78 is 5.04. The van der Waals surface area contributed by atoms with E-state index in [0.717, 1.165) is 26.2 Å². The molecule has 0 saturated carbocycles. The number of methoxy groups -OCH3 is 1. The Morgan fingerprint density at radius 2 is 2.09 bits per heavy atom. The molecule has 0 aliphatic carbocycles. The molecule has 9 heteroatoms. The number of piperazine rings is 1. The van der Waals surface area contributed by atoms with Gasteiger partial charge in [0.2, 0.25) is 5.75 Å². The average Bonchev–Trinajstić information content (AvgIpc) is 2.53. The number of phenolic OH excluding ortho intramolecular Hbond substituents is 1. The van der Waals surface area contributed by atoms with Crippen molar-refractivity contribution in [2.24, 2.45) is 0 Å². The highest BCUT2D eigenvalue weighted by Crippen LogP contribution is 2.40. The van der Waals surface area contributed by atoms with Gasteiger partial charge in [-0.2, -0.15) is 0 Å². The molecule has 1 aliphatic heterocycles. The van der Waals surface area contributed by atoms with Crippen molar-refractivity contribution in [3.05, 3.63) is 27.8 Å². The third kappa shape index (κ3) is 4.44. The Bertz CT molecular complexity index is 537. The van der Waals surface area contributed by atoms with Crippen molar-refractivity contribution in [2.75, 3.05) is 39.9 Å². The monoisotopic (exact) mass is 347 g/mol. The minimum Gasteiger partial charge on any atom is -0.500 e. The second kappa shape index (κ2) is 8.88. The number of aliphatic hydroxyl groups is 1. The number of aliphatic hydroxyl groups excluding tert-OH is 1. The topological polar surface area (TPSA) is 108 Å². The van der Waals surface area contributed by atoms with E-state index in [4.69, 9.17) is 4.74 Å². The van der Waals surface area contributed by atoms with Gasteiger partial charge in [-0.25, -0.2) is 0 Å². The number of halogens is 1. The van der Waals surface area contributed by atoms with Crippen LogP contribution >= 0.6 is 12.4 Å². The molecule has 0 radical (unpaired) electrons. The first-order valence-electron chi connectivity index (χ1n) is 7.19. The van der Waals surface area contributed by atoms with E-state index in [1.54, 1.807) is 6.07 Å². The van der Waals surface area contributed by atoms with Gasteiger partial charge < -0.3 is 20.3 Å². The first-order chi connectivity index (χ1) is 10.6. The summed E-state index contributed by atoms with van der Waals surface area (Å²) in [4.78, 5) is 12.7. The highest BCUT2D eigenvalue weighted by atomic mass is 35.5. The molecule has 1 aromatic carbocycles. The third-order valence-electron chi connectivity index (χ3n) is 3.87. The Labute approximate surface area is 140 Å². The standard InChI is InChI=1S/C14H21N3O5.ClH/c1-22-13-9-10(8-12(14(13)19)17(20)21)11(2-7-18)16-5-3-15-4-6-16;/h8-9,11,15,18-19H,2-7H2,1H3;1H/t11-;/m0./s1. The van der Waals surface area contributed by atoms with Crippen LogP contribution in [0.1, 0.15) is 18.0 Å². The van der Waals surface area contributed by atoms with Gasteiger partial charge in [0.15, 0.2) is 5.75 Å². The van der Waals surface area contributed by atoms with Gasteiger partial charge in [-0.15, -0.1) is 12.4 Å². The molecule has 0 spiro atoms. The van der Waals surface area contributed by atoms with Crippen LogP contribution in [0, 0.1) is 10.1 Å². The maximum absolute atomic E-state index is 11.1. The summed E-state index contributed by atoms with van der Waals surface area (Å²) in [5, 5.41) is 33.6. The number of nitrogens with one attached hydrogen (secondary N) is 1. The lowest BCUT2D eigenvalue weighted by atomic mass is 10.00. The zero-order chi connectivity index (χ0) is 16.1. The molecule has 1 saturated heterocycles. The van der Waals surface area contributed by atoms with Crippen molar-refractivity contribution in [3.8, 4) is 11.5 Å². The fraction of sp³-hybridized carbons (Fsp3) is 0.571. The van der Waals surface area contributed by atoms with Gasteiger partial charge >= 0.3 is 5.69 Å². The molecule has 1 aromatic rings. The molecule has 8 nitrogen and oxygen atoms in total. The normalized spacial score (nSPS) is 16.4. The Kier molecular flexibility index (Phi) is 7.50. The summed E-state index contributed by atoms with van der Waals surface area (Å²) in [6.07, 6.45) is 0.463. The number of ether oxygens (including phenoxy) is 1. The second-order valence-electron chi connectivity index (χ2n) is 5.16. The van der Waals surface area contributed by atoms with E-state index >= 15 is 0 Å². The van der Waals surface area contributed by atoms with E-state index in [0.29, 0.717) is 12.0 Å². The van der Waals surface area contributed by atoms with E-state index in [1.165, 1.54) is 13.2 Å². The van der Waals surface area contributed by atoms with E-state index in [-0.39, 0.29) is 36.5 Å². The van der Waals surface area contributed by atoms with Crippen molar-refractivity contribution in [1.82, 2.24) is 10.2 Å². The number of phenols is 1. The highest BCUT2D eigenvalue weighted by Gasteiger charge is 2.27. The van der Waals surface area contributed by atoms with Crippen molar-refractivity contribution in [1.29, 1.82) is 0 Å². The predicted octanol–water partition coefficient (Wildman–Crippen LogP) is 1.06. The maximum atomic E-state index is 11.1. The number of nitrogens with zero attached hydrogens (tertiary/aromatic N) is 2. The Morgan fingerprint density at radius 3 is 2.61 bits per heavy atom. The summed E-state index contributed by atoms with van der Waals surface area (Å²) >= 11 is 0. The molecule has 2 rings (SSSR count). The quantitative estimate of drug-likeness (QED) is 0.521. The fourth-order valence-corrected chi connectivity index (χ4v) is 2.78.